The highest BCUT2D eigenvalue weighted by Gasteiger charge is 2.38. The molecule has 0 N–H and O–H groups in total. The number of aromatic nitrogens is 1. The minimum absolute atomic E-state index is 0.0550. The normalized spacial score (nSPS) is 31.5. The number of ketones is 1. The Morgan fingerprint density at radius 1 is 1.25 bits per heavy atom. The number of carbonyl (C=O) groups is 1. The number of Topliss-reactive ketones (excluding diaryl/α,β-unsaturated/α-hetero) is 1. The lowest BCUT2D eigenvalue weighted by Crippen LogP contribution is -2.42. The van der Waals surface area contributed by atoms with Crippen molar-refractivity contribution in [3.05, 3.63) is 10.6 Å². The third-order valence-electron chi connectivity index (χ3n) is 4.54. The summed E-state index contributed by atoms with van der Waals surface area (Å²) in [5.74, 6) is 0.274. The maximum absolute atomic E-state index is 12.3. The Bertz CT molecular complexity index is 554. The van der Waals surface area contributed by atoms with E-state index in [1.54, 1.807) is 11.3 Å². The van der Waals surface area contributed by atoms with Crippen LogP contribution in [0.5, 0.6) is 0 Å². The molecule has 108 valence electrons. The molecule has 3 heterocycles. The van der Waals surface area contributed by atoms with E-state index in [9.17, 15) is 4.79 Å². The van der Waals surface area contributed by atoms with Crippen LogP contribution in [-0.4, -0.2) is 36.1 Å². The minimum Gasteiger partial charge on any atom is -0.371 e. The Balaban J connectivity index is 1.63. The third-order valence-corrected chi connectivity index (χ3v) is 5.74. The van der Waals surface area contributed by atoms with Crippen LogP contribution < -0.4 is 4.90 Å². The van der Waals surface area contributed by atoms with Gasteiger partial charge in [-0.15, -0.1) is 0 Å². The number of fused-ring (bicyclic) bond motifs is 3. The van der Waals surface area contributed by atoms with Gasteiger partial charge in [-0.25, -0.2) is 4.98 Å². The lowest BCUT2D eigenvalue weighted by molar-refractivity contribution is 0.0304. The molecule has 0 spiro atoms. The number of anilines is 1. The summed E-state index contributed by atoms with van der Waals surface area (Å²) in [5.41, 5.74) is 1.07. The van der Waals surface area contributed by atoms with Crippen LogP contribution in [0.4, 0.5) is 5.13 Å². The molecule has 3 aliphatic rings. The molecule has 0 radical (unpaired) electrons. The molecular weight excluding hydrogens is 272 g/mol. The van der Waals surface area contributed by atoms with E-state index >= 15 is 0 Å². The summed E-state index contributed by atoms with van der Waals surface area (Å²) < 4.78 is 5.87. The number of thiazole rings is 1. The maximum atomic E-state index is 12.3. The summed E-state index contributed by atoms with van der Waals surface area (Å²) in [7, 11) is 0. The van der Waals surface area contributed by atoms with Crippen molar-refractivity contribution in [1.82, 2.24) is 4.98 Å². The highest BCUT2D eigenvalue weighted by Crippen LogP contribution is 2.40. The standard InChI is InChI=1S/C15H20N2O2S/c1-15(2)5-11-13(12(18)6-15)20-14(16-11)17-7-9-3-4-10(8-17)19-9/h9-10H,3-8H2,1-2H3. The van der Waals surface area contributed by atoms with Gasteiger partial charge in [0.2, 0.25) is 0 Å². The Morgan fingerprint density at radius 3 is 2.65 bits per heavy atom. The third kappa shape index (κ3) is 2.07. The minimum atomic E-state index is 0.0550. The van der Waals surface area contributed by atoms with E-state index in [0.29, 0.717) is 18.6 Å². The zero-order valence-electron chi connectivity index (χ0n) is 12.0. The van der Waals surface area contributed by atoms with Gasteiger partial charge in [0, 0.05) is 19.5 Å². The van der Waals surface area contributed by atoms with Crippen LogP contribution in [0.15, 0.2) is 0 Å². The van der Waals surface area contributed by atoms with E-state index in [4.69, 9.17) is 9.72 Å². The van der Waals surface area contributed by atoms with Crippen molar-refractivity contribution in [3.8, 4) is 0 Å². The quantitative estimate of drug-likeness (QED) is 0.798. The van der Waals surface area contributed by atoms with Gasteiger partial charge in [-0.3, -0.25) is 4.79 Å². The number of rotatable bonds is 1. The molecular formula is C15H20N2O2S. The fraction of sp³-hybridized carbons (Fsp3) is 0.733. The van der Waals surface area contributed by atoms with Gasteiger partial charge in [-0.05, 0) is 24.7 Å². The summed E-state index contributed by atoms with van der Waals surface area (Å²) in [4.78, 5) is 20.3. The van der Waals surface area contributed by atoms with Crippen molar-refractivity contribution >= 4 is 22.3 Å². The summed E-state index contributed by atoms with van der Waals surface area (Å²) in [5, 5.41) is 1.03. The van der Waals surface area contributed by atoms with E-state index in [1.807, 2.05) is 0 Å². The fourth-order valence-corrected chi connectivity index (χ4v) is 4.65. The van der Waals surface area contributed by atoms with E-state index in [-0.39, 0.29) is 11.2 Å². The smallest absolute Gasteiger partial charge is 0.186 e. The highest BCUT2D eigenvalue weighted by molar-refractivity contribution is 7.17. The second kappa shape index (κ2) is 4.28. The number of ether oxygens (including phenoxy) is 1. The van der Waals surface area contributed by atoms with Crippen LogP contribution in [0.25, 0.3) is 0 Å². The van der Waals surface area contributed by atoms with Gasteiger partial charge < -0.3 is 9.64 Å². The molecule has 0 saturated carbocycles. The second-order valence-corrected chi connectivity index (χ2v) is 8.05. The molecule has 2 bridgehead atoms. The van der Waals surface area contributed by atoms with Crippen LogP contribution in [0.1, 0.15) is 48.5 Å². The maximum Gasteiger partial charge on any atom is 0.186 e. The van der Waals surface area contributed by atoms with Gasteiger partial charge in [0.1, 0.15) is 0 Å². The van der Waals surface area contributed by atoms with E-state index in [2.05, 4.69) is 18.7 Å². The summed E-state index contributed by atoms with van der Waals surface area (Å²) in [6.45, 7) is 6.17. The highest BCUT2D eigenvalue weighted by atomic mass is 32.1. The number of morpholine rings is 1. The van der Waals surface area contributed by atoms with Crippen molar-refractivity contribution in [3.63, 3.8) is 0 Å². The number of carbonyl (C=O) groups excluding carboxylic acids is 1. The van der Waals surface area contributed by atoms with Gasteiger partial charge >= 0.3 is 0 Å². The molecule has 2 atom stereocenters. The largest absolute Gasteiger partial charge is 0.371 e. The summed E-state index contributed by atoms with van der Waals surface area (Å²) in [6, 6.07) is 0. The predicted octanol–water partition coefficient (Wildman–Crippen LogP) is 2.67. The van der Waals surface area contributed by atoms with Crippen molar-refractivity contribution in [1.29, 1.82) is 0 Å². The Labute approximate surface area is 123 Å². The molecule has 0 amide bonds. The SMILES string of the molecule is CC1(C)CC(=O)c2sc(N3CC4CCC(C3)O4)nc2C1. The van der Waals surface area contributed by atoms with Crippen molar-refractivity contribution in [2.45, 2.75) is 51.7 Å². The molecule has 0 aromatic carbocycles. The van der Waals surface area contributed by atoms with Crippen LogP contribution in [0.3, 0.4) is 0 Å². The number of hydrogen-bond acceptors (Lipinski definition) is 5. The van der Waals surface area contributed by atoms with Crippen LogP contribution in [0, 0.1) is 5.41 Å². The topological polar surface area (TPSA) is 42.4 Å². The zero-order chi connectivity index (χ0) is 13.9. The van der Waals surface area contributed by atoms with Crippen molar-refractivity contribution < 1.29 is 9.53 Å². The van der Waals surface area contributed by atoms with Crippen molar-refractivity contribution in [2.24, 2.45) is 5.41 Å². The fourth-order valence-electron chi connectivity index (χ4n) is 3.61. The Morgan fingerprint density at radius 2 is 1.95 bits per heavy atom. The lowest BCUT2D eigenvalue weighted by atomic mass is 9.78. The molecule has 1 aromatic heterocycles. The molecule has 1 aromatic rings. The van der Waals surface area contributed by atoms with Gasteiger partial charge in [-0.2, -0.15) is 0 Å². The van der Waals surface area contributed by atoms with Crippen LogP contribution >= 0.6 is 11.3 Å². The van der Waals surface area contributed by atoms with Gasteiger partial charge in [-0.1, -0.05) is 25.2 Å². The Kier molecular flexibility index (Phi) is 2.73. The summed E-state index contributed by atoms with van der Waals surface area (Å²) in [6.07, 6.45) is 4.62. The zero-order valence-corrected chi connectivity index (χ0v) is 12.8. The first kappa shape index (κ1) is 12.8. The van der Waals surface area contributed by atoms with E-state index < -0.39 is 0 Å². The number of hydrogen-bond donors (Lipinski definition) is 0. The van der Waals surface area contributed by atoms with Crippen LogP contribution in [-0.2, 0) is 11.2 Å². The molecule has 4 nitrogen and oxygen atoms in total. The van der Waals surface area contributed by atoms with Crippen LogP contribution in [0.2, 0.25) is 0 Å². The first-order valence-corrected chi connectivity index (χ1v) is 8.25. The van der Waals surface area contributed by atoms with E-state index in [1.165, 1.54) is 0 Å². The molecule has 2 fully saturated rings. The van der Waals surface area contributed by atoms with E-state index in [0.717, 1.165) is 48.1 Å². The summed E-state index contributed by atoms with van der Waals surface area (Å²) >= 11 is 1.59. The van der Waals surface area contributed by atoms with Gasteiger partial charge in [0.15, 0.2) is 10.9 Å². The molecule has 2 aliphatic heterocycles. The van der Waals surface area contributed by atoms with Gasteiger partial charge in [0.25, 0.3) is 0 Å². The molecule has 2 saturated heterocycles. The molecule has 1 aliphatic carbocycles. The second-order valence-electron chi connectivity index (χ2n) is 7.08. The molecule has 20 heavy (non-hydrogen) atoms. The van der Waals surface area contributed by atoms with Gasteiger partial charge in [0.05, 0.1) is 22.8 Å². The average Bonchev–Trinajstić information content (AvgIpc) is 2.92. The lowest BCUT2D eigenvalue weighted by Gasteiger charge is -2.31. The predicted molar refractivity (Wildman–Crippen MR) is 78.7 cm³/mol. The number of nitrogens with zero attached hydrogens (tertiary/aromatic N) is 2. The molecule has 2 unspecified atom stereocenters. The first-order chi connectivity index (χ1) is 9.50. The monoisotopic (exact) mass is 292 g/mol. The first-order valence-electron chi connectivity index (χ1n) is 7.43. The molecule has 4 rings (SSSR count). The molecule has 5 heteroatoms. The van der Waals surface area contributed by atoms with Crippen molar-refractivity contribution in [2.75, 3.05) is 18.0 Å². The Hall–Kier alpha value is -0.940. The average molecular weight is 292 g/mol.